The topological polar surface area (TPSA) is 76.4 Å². The van der Waals surface area contributed by atoms with Gasteiger partial charge in [0.05, 0.1) is 18.2 Å². The molecular weight excluding hydrogens is 211 g/mol. The van der Waals surface area contributed by atoms with Gasteiger partial charge in [0, 0.05) is 20.4 Å². The van der Waals surface area contributed by atoms with Crippen molar-refractivity contribution in [3.05, 3.63) is 18.0 Å². The molecule has 0 atom stereocenters. The summed E-state index contributed by atoms with van der Waals surface area (Å²) in [4.78, 5) is 10.4. The molecule has 0 aliphatic rings. The van der Waals surface area contributed by atoms with E-state index in [-0.39, 0.29) is 36.1 Å². The molecule has 1 aromatic heterocycles. The normalized spacial score (nSPS) is 10.1. The van der Waals surface area contributed by atoms with Crippen molar-refractivity contribution in [1.29, 1.82) is 0 Å². The van der Waals surface area contributed by atoms with E-state index in [9.17, 15) is 9.90 Å². The molecule has 6 nitrogen and oxygen atoms in total. The minimum Gasteiger partial charge on any atom is -0.548 e. The van der Waals surface area contributed by atoms with Crippen molar-refractivity contribution >= 4 is 5.97 Å². The molecule has 0 radical (unpaired) electrons. The predicted molar refractivity (Wildman–Crippen MR) is 44.0 cm³/mol. The van der Waals surface area contributed by atoms with Gasteiger partial charge in [0.25, 0.3) is 0 Å². The molecule has 0 fully saturated rings. The van der Waals surface area contributed by atoms with Gasteiger partial charge in [0.2, 0.25) is 0 Å². The standard InChI is InChI=1S/C8H12N2O4.Na/c1-13-8(14-2)6-3-4-9-10(6)5-7(11)12;/h3-4,8H,5H2,1-2H3,(H,11,12);/q;+1/p-1. The molecule has 1 heterocycles. The second kappa shape index (κ2) is 6.97. The molecule has 1 rings (SSSR count). The molecule has 0 spiro atoms. The smallest absolute Gasteiger partial charge is 0.548 e. The Kier molecular flexibility index (Phi) is 6.78. The molecule has 78 valence electrons. The average molecular weight is 222 g/mol. The van der Waals surface area contributed by atoms with Gasteiger partial charge in [0.1, 0.15) is 0 Å². The molecule has 0 saturated heterocycles. The van der Waals surface area contributed by atoms with Crippen LogP contribution in [0.5, 0.6) is 0 Å². The zero-order chi connectivity index (χ0) is 10.6. The van der Waals surface area contributed by atoms with Crippen molar-refractivity contribution in [3.8, 4) is 0 Å². The Labute approximate surface area is 109 Å². The molecule has 0 aliphatic heterocycles. The van der Waals surface area contributed by atoms with Gasteiger partial charge in [-0.3, -0.25) is 4.68 Å². The van der Waals surface area contributed by atoms with E-state index in [2.05, 4.69) is 5.10 Å². The maximum atomic E-state index is 10.4. The number of ether oxygens (including phenoxy) is 2. The van der Waals surface area contributed by atoms with Crippen LogP contribution in [0.25, 0.3) is 0 Å². The summed E-state index contributed by atoms with van der Waals surface area (Å²) in [7, 11) is 2.93. The first-order valence-corrected chi connectivity index (χ1v) is 3.96. The molecule has 0 aliphatic carbocycles. The van der Waals surface area contributed by atoms with Gasteiger partial charge in [-0.2, -0.15) is 5.10 Å². The number of carbonyl (C=O) groups is 1. The first-order chi connectivity index (χ1) is 6.69. The summed E-state index contributed by atoms with van der Waals surface area (Å²) in [5.74, 6) is -1.21. The maximum absolute atomic E-state index is 10.4. The fraction of sp³-hybridized carbons (Fsp3) is 0.500. The quantitative estimate of drug-likeness (QED) is 0.374. The van der Waals surface area contributed by atoms with E-state index in [1.807, 2.05) is 0 Å². The number of carboxylic acids is 1. The molecule has 0 amide bonds. The van der Waals surface area contributed by atoms with Gasteiger partial charge in [-0.15, -0.1) is 0 Å². The third kappa shape index (κ3) is 3.92. The fourth-order valence-corrected chi connectivity index (χ4v) is 1.14. The van der Waals surface area contributed by atoms with Crippen LogP contribution in [0.4, 0.5) is 0 Å². The van der Waals surface area contributed by atoms with Gasteiger partial charge in [-0.05, 0) is 6.07 Å². The summed E-state index contributed by atoms with van der Waals surface area (Å²) >= 11 is 0. The third-order valence-corrected chi connectivity index (χ3v) is 1.70. The van der Waals surface area contributed by atoms with Crippen LogP contribution in [0, 0.1) is 0 Å². The van der Waals surface area contributed by atoms with Crippen LogP contribution >= 0.6 is 0 Å². The second-order valence-electron chi connectivity index (χ2n) is 2.59. The van der Waals surface area contributed by atoms with E-state index in [1.165, 1.54) is 25.1 Å². The SMILES string of the molecule is COC(OC)c1ccnn1CC(=O)[O-].[Na+]. The van der Waals surface area contributed by atoms with Gasteiger partial charge in [-0.25, -0.2) is 0 Å². The Morgan fingerprint density at radius 3 is 2.67 bits per heavy atom. The minimum atomic E-state index is -1.21. The van der Waals surface area contributed by atoms with Crippen molar-refractivity contribution in [2.45, 2.75) is 12.8 Å². The largest absolute Gasteiger partial charge is 1.00 e. The molecule has 7 heteroatoms. The zero-order valence-corrected chi connectivity index (χ0v) is 11.0. The number of carbonyl (C=O) groups excluding carboxylic acids is 1. The monoisotopic (exact) mass is 222 g/mol. The number of methoxy groups -OCH3 is 2. The van der Waals surface area contributed by atoms with Crippen molar-refractivity contribution in [2.24, 2.45) is 0 Å². The number of carboxylic acid groups (broad SMARTS) is 1. The summed E-state index contributed by atoms with van der Waals surface area (Å²) in [5, 5.41) is 14.2. The maximum Gasteiger partial charge on any atom is 1.00 e. The molecule has 15 heavy (non-hydrogen) atoms. The molecule has 0 N–H and O–H groups in total. The Balaban J connectivity index is 0.00000196. The molecular formula is C8H11N2NaO4. The van der Waals surface area contributed by atoms with Gasteiger partial charge < -0.3 is 19.4 Å². The van der Waals surface area contributed by atoms with Crippen LogP contribution in [0.3, 0.4) is 0 Å². The number of hydrogen-bond donors (Lipinski definition) is 0. The number of nitrogens with zero attached hydrogens (tertiary/aromatic N) is 2. The first kappa shape index (κ1) is 14.6. The third-order valence-electron chi connectivity index (χ3n) is 1.70. The van der Waals surface area contributed by atoms with E-state index < -0.39 is 12.3 Å². The summed E-state index contributed by atoms with van der Waals surface area (Å²) in [6.07, 6.45) is 0.861. The average Bonchev–Trinajstić information content (AvgIpc) is 2.55. The van der Waals surface area contributed by atoms with E-state index in [0.717, 1.165) is 0 Å². The van der Waals surface area contributed by atoms with E-state index in [0.29, 0.717) is 5.69 Å². The van der Waals surface area contributed by atoms with Crippen LogP contribution in [0.1, 0.15) is 12.0 Å². The van der Waals surface area contributed by atoms with Crippen LogP contribution in [-0.2, 0) is 20.8 Å². The van der Waals surface area contributed by atoms with Crippen LogP contribution in [0.15, 0.2) is 12.3 Å². The summed E-state index contributed by atoms with van der Waals surface area (Å²) in [5.41, 5.74) is 0.541. The molecule has 0 saturated carbocycles. The van der Waals surface area contributed by atoms with Crippen LogP contribution < -0.4 is 34.7 Å². The van der Waals surface area contributed by atoms with E-state index >= 15 is 0 Å². The Hall–Kier alpha value is -0.400. The van der Waals surface area contributed by atoms with Gasteiger partial charge in [0.15, 0.2) is 6.29 Å². The Morgan fingerprint density at radius 2 is 2.20 bits per heavy atom. The number of aliphatic carboxylic acids is 1. The predicted octanol–water partition coefficient (Wildman–Crippen LogP) is -4.07. The van der Waals surface area contributed by atoms with Gasteiger partial charge >= 0.3 is 29.6 Å². The summed E-state index contributed by atoms with van der Waals surface area (Å²) in [6.45, 7) is -0.314. The fourth-order valence-electron chi connectivity index (χ4n) is 1.14. The number of aromatic nitrogens is 2. The number of rotatable bonds is 5. The van der Waals surface area contributed by atoms with Crippen molar-refractivity contribution < 1.29 is 48.9 Å². The first-order valence-electron chi connectivity index (χ1n) is 3.96. The van der Waals surface area contributed by atoms with Crippen LogP contribution in [-0.4, -0.2) is 30.0 Å². The number of hydrogen-bond acceptors (Lipinski definition) is 5. The summed E-state index contributed by atoms with van der Waals surface area (Å²) in [6, 6.07) is 1.63. The van der Waals surface area contributed by atoms with Gasteiger partial charge in [-0.1, -0.05) is 0 Å². The molecule has 0 unspecified atom stereocenters. The Bertz CT molecular complexity index is 311. The molecule has 1 aromatic rings. The Morgan fingerprint density at radius 1 is 1.60 bits per heavy atom. The van der Waals surface area contributed by atoms with E-state index in [4.69, 9.17) is 9.47 Å². The van der Waals surface area contributed by atoms with E-state index in [1.54, 1.807) is 6.07 Å². The minimum absolute atomic E-state index is 0. The van der Waals surface area contributed by atoms with Crippen molar-refractivity contribution in [1.82, 2.24) is 9.78 Å². The molecule has 0 aromatic carbocycles. The second-order valence-corrected chi connectivity index (χ2v) is 2.59. The molecule has 0 bridgehead atoms. The zero-order valence-electron chi connectivity index (χ0n) is 8.97. The van der Waals surface area contributed by atoms with Crippen molar-refractivity contribution in [3.63, 3.8) is 0 Å². The van der Waals surface area contributed by atoms with Crippen molar-refractivity contribution in [2.75, 3.05) is 14.2 Å². The van der Waals surface area contributed by atoms with Crippen LogP contribution in [0.2, 0.25) is 0 Å². The summed E-state index contributed by atoms with van der Waals surface area (Å²) < 4.78 is 11.2.